The average molecular weight is 658 g/mol. The Balaban J connectivity index is 1.29. The van der Waals surface area contributed by atoms with Gasteiger partial charge >= 0.3 is 5.91 Å². The molecule has 0 saturated heterocycles. The fourth-order valence-electron chi connectivity index (χ4n) is 4.99. The maximum atomic E-state index is 14.1. The number of carbonyl (C=O) groups is 3. The fourth-order valence-corrected chi connectivity index (χ4v) is 4.99. The van der Waals surface area contributed by atoms with Gasteiger partial charge in [0, 0.05) is 55.0 Å². The Morgan fingerprint density at radius 2 is 1.94 bits per heavy atom. The summed E-state index contributed by atoms with van der Waals surface area (Å²) in [5, 5.41) is 3.43. The van der Waals surface area contributed by atoms with Gasteiger partial charge < -0.3 is 28.9 Å². The number of pyridine rings is 1. The smallest absolute Gasteiger partial charge is 0.307 e. The number of fused-ring (bicyclic) bond motifs is 1. The van der Waals surface area contributed by atoms with Gasteiger partial charge in [-0.2, -0.15) is 0 Å². The molecule has 1 atom stereocenters. The summed E-state index contributed by atoms with van der Waals surface area (Å²) in [5.41, 5.74) is 1.36. The number of hydrogen-bond acceptors (Lipinski definition) is 7. The van der Waals surface area contributed by atoms with Crippen LogP contribution in [0.15, 0.2) is 94.6 Å². The Kier molecular flexibility index (Phi) is 10.6. The number of allylic oxidation sites excluding steroid dienone is 1. The van der Waals surface area contributed by atoms with Crippen molar-refractivity contribution >= 4 is 28.5 Å². The van der Waals surface area contributed by atoms with Crippen LogP contribution in [-0.2, 0) is 29.2 Å². The van der Waals surface area contributed by atoms with Crippen molar-refractivity contribution in [2.75, 3.05) is 14.1 Å². The normalized spacial score (nSPS) is 11.9. The van der Waals surface area contributed by atoms with Crippen LogP contribution in [0, 0.1) is 11.6 Å². The maximum Gasteiger partial charge on any atom is 0.307 e. The van der Waals surface area contributed by atoms with Crippen molar-refractivity contribution in [2.24, 2.45) is 0 Å². The highest BCUT2D eigenvalue weighted by molar-refractivity contribution is 5.95. The van der Waals surface area contributed by atoms with Crippen LogP contribution in [0.2, 0.25) is 0 Å². The van der Waals surface area contributed by atoms with Crippen molar-refractivity contribution in [1.29, 1.82) is 0 Å². The number of Topliss-reactive ketones (excluding diaryl/α,β-unsaturated/α-hetero) is 1. The highest BCUT2D eigenvalue weighted by Gasteiger charge is 2.24. The number of hydrogen-bond donors (Lipinski definition) is 2. The number of benzene rings is 2. The minimum atomic E-state index is -0.980. The molecule has 0 bridgehead atoms. The zero-order valence-corrected chi connectivity index (χ0v) is 26.2. The number of ether oxygens (including phenoxy) is 1. The van der Waals surface area contributed by atoms with Crippen molar-refractivity contribution in [3.8, 4) is 5.75 Å². The van der Waals surface area contributed by atoms with Gasteiger partial charge in [0.05, 0.1) is 24.3 Å². The van der Waals surface area contributed by atoms with E-state index in [1.165, 1.54) is 34.1 Å². The Morgan fingerprint density at radius 3 is 2.69 bits per heavy atom. The molecule has 2 amide bonds. The lowest BCUT2D eigenvalue weighted by Crippen LogP contribution is -2.42. The quantitative estimate of drug-likeness (QED) is 0.167. The number of nitrogens with zero attached hydrogens (tertiary/aromatic N) is 3. The highest BCUT2D eigenvalue weighted by atomic mass is 19.1. The first-order valence-corrected chi connectivity index (χ1v) is 15.1. The van der Waals surface area contributed by atoms with Gasteiger partial charge in [0.2, 0.25) is 5.91 Å². The molecule has 2 N–H and O–H groups in total. The number of oxazole rings is 1. The number of para-hydroxylation sites is 1. The second-order valence-corrected chi connectivity index (χ2v) is 11.2. The van der Waals surface area contributed by atoms with Crippen molar-refractivity contribution in [2.45, 2.75) is 38.5 Å². The Hall–Kier alpha value is -5.85. The van der Waals surface area contributed by atoms with Crippen LogP contribution in [0.5, 0.6) is 5.75 Å². The van der Waals surface area contributed by atoms with Gasteiger partial charge in [-0.15, -0.1) is 0 Å². The van der Waals surface area contributed by atoms with E-state index in [9.17, 15) is 28.0 Å². The lowest BCUT2D eigenvalue weighted by atomic mass is 10.0. The molecule has 3 aromatic heterocycles. The zero-order valence-electron chi connectivity index (χ0n) is 26.2. The molecule has 0 saturated carbocycles. The van der Waals surface area contributed by atoms with Gasteiger partial charge in [-0.3, -0.25) is 19.2 Å². The fraction of sp³-hybridized carbons (Fsp3) is 0.229. The molecule has 0 unspecified atom stereocenters. The van der Waals surface area contributed by atoms with Crippen LogP contribution >= 0.6 is 0 Å². The van der Waals surface area contributed by atoms with Gasteiger partial charge in [0.15, 0.2) is 5.78 Å². The van der Waals surface area contributed by atoms with Crippen LogP contribution in [0.1, 0.15) is 40.3 Å². The summed E-state index contributed by atoms with van der Waals surface area (Å²) in [7, 11) is 3.24. The van der Waals surface area contributed by atoms with Crippen molar-refractivity contribution < 1.29 is 32.3 Å². The number of rotatable bonds is 14. The van der Waals surface area contributed by atoms with Crippen LogP contribution in [-0.4, -0.2) is 57.2 Å². The first-order chi connectivity index (χ1) is 23.1. The molecule has 0 fully saturated rings. The molecule has 0 aliphatic carbocycles. The summed E-state index contributed by atoms with van der Waals surface area (Å²) in [6.07, 6.45) is 7.40. The highest BCUT2D eigenvalue weighted by Crippen LogP contribution is 2.27. The average Bonchev–Trinajstić information content (AvgIpc) is 3.74. The predicted molar refractivity (Wildman–Crippen MR) is 172 cm³/mol. The standard InChI is InChI=1S/C35H33F2N5O6/c1-41(2)31(44)11-4-3-9-28(40-33(45)34-38-14-16-47-34)29(43)18-23-8-6-15-42(35(23)46)20-26-17-22-7-5-10-30(32(22)39-26)48-21-24-12-13-25(36)19-27(24)37/h4-8,10-17,19,28,39H,3,9,18,20-21H2,1-2H3,(H,40,45)/b11-4+/t28-/m0/s1. The molecule has 48 heavy (non-hydrogen) atoms. The van der Waals surface area contributed by atoms with Crippen molar-refractivity contribution in [3.63, 3.8) is 0 Å². The second kappa shape index (κ2) is 15.2. The molecule has 0 spiro atoms. The number of aromatic nitrogens is 3. The number of halogens is 2. The number of likely N-dealkylation sites (N-methyl/N-ethyl adjacent to an activating group) is 1. The molecule has 0 aliphatic rings. The molecule has 248 valence electrons. The summed E-state index contributed by atoms with van der Waals surface area (Å²) < 4.78 is 39.8. The van der Waals surface area contributed by atoms with E-state index in [0.717, 1.165) is 17.5 Å². The minimum absolute atomic E-state index is 0.112. The van der Waals surface area contributed by atoms with Gasteiger partial charge in [-0.1, -0.05) is 24.3 Å². The molecular formula is C35H33F2N5O6. The van der Waals surface area contributed by atoms with E-state index >= 15 is 0 Å². The monoisotopic (exact) mass is 657 g/mol. The third kappa shape index (κ3) is 8.29. The first kappa shape index (κ1) is 33.5. The number of nitrogens with one attached hydrogen (secondary N) is 2. The van der Waals surface area contributed by atoms with E-state index < -0.39 is 29.4 Å². The minimum Gasteiger partial charge on any atom is -0.487 e. The first-order valence-electron chi connectivity index (χ1n) is 15.1. The van der Waals surface area contributed by atoms with Crippen LogP contribution in [0.25, 0.3) is 10.9 Å². The molecule has 5 aromatic rings. The molecule has 3 heterocycles. The summed E-state index contributed by atoms with van der Waals surface area (Å²) in [4.78, 5) is 60.0. The summed E-state index contributed by atoms with van der Waals surface area (Å²) in [6.45, 7) is 0.0374. The number of aromatic amines is 1. The predicted octanol–water partition coefficient (Wildman–Crippen LogP) is 4.56. The molecule has 5 rings (SSSR count). The molecule has 13 heteroatoms. The van der Waals surface area contributed by atoms with Crippen LogP contribution in [0.4, 0.5) is 8.78 Å². The summed E-state index contributed by atoms with van der Waals surface area (Å²) in [6, 6.07) is 12.7. The van der Waals surface area contributed by atoms with Crippen molar-refractivity contribution in [1.82, 2.24) is 24.8 Å². The third-order valence-electron chi connectivity index (χ3n) is 7.52. The summed E-state index contributed by atoms with van der Waals surface area (Å²) >= 11 is 0. The van der Waals surface area contributed by atoms with E-state index in [1.807, 2.05) is 12.1 Å². The molecule has 2 aromatic carbocycles. The summed E-state index contributed by atoms with van der Waals surface area (Å²) in [5.74, 6) is -2.43. The lowest BCUT2D eigenvalue weighted by Gasteiger charge is -2.16. The zero-order chi connectivity index (χ0) is 34.2. The van der Waals surface area contributed by atoms with Crippen LogP contribution < -0.4 is 15.6 Å². The van der Waals surface area contributed by atoms with Gasteiger partial charge in [-0.05, 0) is 49.2 Å². The molecule has 0 aliphatic heterocycles. The Bertz CT molecular complexity index is 2020. The number of H-pyrrole nitrogens is 1. The lowest BCUT2D eigenvalue weighted by molar-refractivity contribution is -0.123. The maximum absolute atomic E-state index is 14.1. The van der Waals surface area contributed by atoms with Gasteiger partial charge in [0.25, 0.3) is 11.4 Å². The molecule has 0 radical (unpaired) electrons. The SMILES string of the molecule is CN(C)C(=O)/C=C/CC[C@H](NC(=O)c1ncco1)C(=O)Cc1cccn(Cc2cc3cccc(OCc4ccc(F)cc4F)c3[nH]2)c1=O. The molecule has 11 nitrogen and oxygen atoms in total. The Labute approximate surface area is 273 Å². The van der Waals surface area contributed by atoms with E-state index in [-0.39, 0.29) is 54.5 Å². The third-order valence-corrected chi connectivity index (χ3v) is 7.52. The second-order valence-electron chi connectivity index (χ2n) is 11.2. The molecular weight excluding hydrogens is 624 g/mol. The van der Waals surface area contributed by atoms with Crippen molar-refractivity contribution in [3.05, 3.63) is 130 Å². The van der Waals surface area contributed by atoms with E-state index in [1.54, 1.807) is 50.6 Å². The number of ketones is 1. The van der Waals surface area contributed by atoms with E-state index in [4.69, 9.17) is 9.15 Å². The Morgan fingerprint density at radius 1 is 1.10 bits per heavy atom. The van der Waals surface area contributed by atoms with Crippen LogP contribution in [0.3, 0.4) is 0 Å². The van der Waals surface area contributed by atoms with E-state index in [2.05, 4.69) is 15.3 Å². The number of carbonyl (C=O) groups excluding carboxylic acids is 3. The van der Waals surface area contributed by atoms with E-state index in [0.29, 0.717) is 23.4 Å². The largest absolute Gasteiger partial charge is 0.487 e. The van der Waals surface area contributed by atoms with Gasteiger partial charge in [-0.25, -0.2) is 13.8 Å². The van der Waals surface area contributed by atoms with Gasteiger partial charge in [0.1, 0.15) is 30.3 Å². The number of amides is 2. The topological polar surface area (TPSA) is 140 Å².